The second-order valence-corrected chi connectivity index (χ2v) is 4.12. The van der Waals surface area contributed by atoms with Crippen molar-refractivity contribution in [2.75, 3.05) is 19.7 Å². The molecular weight excluding hydrogens is 260 g/mol. The number of hydrogen-bond acceptors (Lipinski definition) is 5. The van der Waals surface area contributed by atoms with Crippen molar-refractivity contribution in [2.45, 2.75) is 19.0 Å². The average Bonchev–Trinajstić information content (AvgIpc) is 2.86. The molecule has 1 aliphatic rings. The molecule has 0 aliphatic carbocycles. The molecule has 0 aromatic carbocycles. The lowest BCUT2D eigenvalue weighted by Gasteiger charge is -2.16. The largest absolute Gasteiger partial charge is 0.471 e. The van der Waals surface area contributed by atoms with Crippen LogP contribution in [0.25, 0.3) is 0 Å². The lowest BCUT2D eigenvalue weighted by Crippen LogP contribution is -2.33. The van der Waals surface area contributed by atoms with Crippen LogP contribution in [0, 0.1) is 0 Å². The van der Waals surface area contributed by atoms with Gasteiger partial charge in [-0.25, -0.2) is 8.78 Å². The smallest absolute Gasteiger partial charge is 0.269 e. The van der Waals surface area contributed by atoms with Gasteiger partial charge in [0.05, 0.1) is 18.3 Å². The van der Waals surface area contributed by atoms with E-state index in [9.17, 15) is 13.6 Å². The van der Waals surface area contributed by atoms with Gasteiger partial charge in [-0.3, -0.25) is 4.79 Å². The van der Waals surface area contributed by atoms with E-state index in [2.05, 4.69) is 10.2 Å². The van der Waals surface area contributed by atoms with E-state index in [0.29, 0.717) is 13.0 Å². The Morgan fingerprint density at radius 1 is 1.63 bits per heavy atom. The van der Waals surface area contributed by atoms with E-state index in [1.807, 2.05) is 0 Å². The van der Waals surface area contributed by atoms with Crippen LogP contribution >= 0.6 is 0 Å². The van der Waals surface area contributed by atoms with Crippen molar-refractivity contribution in [3.63, 3.8) is 0 Å². The maximum atomic E-state index is 12.7. The second kappa shape index (κ2) is 5.87. The summed E-state index contributed by atoms with van der Waals surface area (Å²) in [5, 5.41) is 15.8. The number of aromatic nitrogens is 2. The molecule has 104 valence electrons. The van der Waals surface area contributed by atoms with Crippen molar-refractivity contribution in [1.82, 2.24) is 15.1 Å². The van der Waals surface area contributed by atoms with Crippen molar-refractivity contribution in [3.05, 3.63) is 17.8 Å². The highest BCUT2D eigenvalue weighted by Crippen LogP contribution is 2.27. The van der Waals surface area contributed by atoms with Gasteiger partial charge in [0.15, 0.2) is 0 Å². The zero-order valence-corrected chi connectivity index (χ0v) is 10.00. The van der Waals surface area contributed by atoms with Gasteiger partial charge in [-0.1, -0.05) is 0 Å². The van der Waals surface area contributed by atoms with Crippen LogP contribution in [0.15, 0.2) is 12.3 Å². The highest BCUT2D eigenvalue weighted by atomic mass is 19.3. The fraction of sp³-hybridized carbons (Fsp3) is 0.545. The van der Waals surface area contributed by atoms with Gasteiger partial charge in [0.25, 0.3) is 6.43 Å². The number of rotatable bonds is 4. The van der Waals surface area contributed by atoms with Crippen LogP contribution < -0.4 is 4.74 Å². The summed E-state index contributed by atoms with van der Waals surface area (Å²) >= 11 is 0. The molecule has 1 aromatic rings. The maximum absolute atomic E-state index is 12.7. The molecule has 0 radical (unpaired) electrons. The first-order valence-corrected chi connectivity index (χ1v) is 5.77. The van der Waals surface area contributed by atoms with Gasteiger partial charge in [-0.05, 0) is 6.07 Å². The highest BCUT2D eigenvalue weighted by Gasteiger charge is 2.28. The van der Waals surface area contributed by atoms with Gasteiger partial charge in [-0.15, -0.1) is 5.10 Å². The quantitative estimate of drug-likeness (QED) is 0.858. The Hall–Kier alpha value is -1.83. The van der Waals surface area contributed by atoms with E-state index in [-0.39, 0.29) is 18.0 Å². The molecule has 19 heavy (non-hydrogen) atoms. The second-order valence-electron chi connectivity index (χ2n) is 4.12. The van der Waals surface area contributed by atoms with Gasteiger partial charge < -0.3 is 14.7 Å². The number of alkyl halides is 2. The minimum absolute atomic E-state index is 0.208. The molecule has 1 aromatic heterocycles. The topological polar surface area (TPSA) is 75.5 Å². The summed E-state index contributed by atoms with van der Waals surface area (Å²) in [7, 11) is 0. The predicted octanol–water partition coefficient (Wildman–Crippen LogP) is 0.386. The number of nitrogens with zero attached hydrogens (tertiary/aromatic N) is 3. The monoisotopic (exact) mass is 273 g/mol. The van der Waals surface area contributed by atoms with Crippen LogP contribution in [0.2, 0.25) is 0 Å². The maximum Gasteiger partial charge on any atom is 0.269 e. The Morgan fingerprint density at radius 2 is 2.42 bits per heavy atom. The normalized spacial score (nSPS) is 18.9. The third-order valence-electron chi connectivity index (χ3n) is 2.86. The van der Waals surface area contributed by atoms with E-state index < -0.39 is 25.0 Å². The summed E-state index contributed by atoms with van der Waals surface area (Å²) < 4.78 is 30.8. The number of carbonyl (C=O) groups is 1. The van der Waals surface area contributed by atoms with Gasteiger partial charge in [0, 0.05) is 13.0 Å². The minimum Gasteiger partial charge on any atom is -0.471 e. The van der Waals surface area contributed by atoms with E-state index in [4.69, 9.17) is 9.84 Å². The fourth-order valence-electron chi connectivity index (χ4n) is 1.89. The molecule has 2 heterocycles. The molecule has 0 bridgehead atoms. The van der Waals surface area contributed by atoms with Crippen molar-refractivity contribution < 1.29 is 23.4 Å². The van der Waals surface area contributed by atoms with Crippen LogP contribution in [0.1, 0.15) is 18.4 Å². The van der Waals surface area contributed by atoms with Gasteiger partial charge in [0.2, 0.25) is 11.8 Å². The zero-order chi connectivity index (χ0) is 13.8. The zero-order valence-electron chi connectivity index (χ0n) is 10.00. The number of hydrogen-bond donors (Lipinski definition) is 1. The standard InChI is InChI=1S/C11H13F2N3O3/c12-10(13)8-1-3-14-15-11(8)19-7-2-4-16(5-7)9(18)6-17/h1,3,7,10,17H,2,4-6H2. The summed E-state index contributed by atoms with van der Waals surface area (Å²) in [5.74, 6) is -0.611. The summed E-state index contributed by atoms with van der Waals surface area (Å²) in [6.45, 7) is 0.104. The molecule has 6 nitrogen and oxygen atoms in total. The number of amides is 1. The molecule has 1 aliphatic heterocycles. The van der Waals surface area contributed by atoms with Gasteiger partial charge in [0.1, 0.15) is 12.7 Å². The molecule has 1 unspecified atom stereocenters. The first-order chi connectivity index (χ1) is 9.11. The number of carbonyl (C=O) groups excluding carboxylic acids is 1. The molecular formula is C11H13F2N3O3. The number of likely N-dealkylation sites (tertiary alicyclic amines) is 1. The lowest BCUT2D eigenvalue weighted by atomic mass is 10.3. The molecule has 0 spiro atoms. The summed E-state index contributed by atoms with van der Waals surface area (Å²) in [4.78, 5) is 12.7. The fourth-order valence-corrected chi connectivity index (χ4v) is 1.89. The lowest BCUT2D eigenvalue weighted by molar-refractivity contribution is -0.133. The van der Waals surface area contributed by atoms with Crippen molar-refractivity contribution in [3.8, 4) is 5.88 Å². The van der Waals surface area contributed by atoms with E-state index in [0.717, 1.165) is 6.07 Å². The van der Waals surface area contributed by atoms with Crippen LogP contribution in [0.3, 0.4) is 0 Å². The molecule has 8 heteroatoms. The highest BCUT2D eigenvalue weighted by molar-refractivity contribution is 5.77. The predicted molar refractivity (Wildman–Crippen MR) is 59.7 cm³/mol. The van der Waals surface area contributed by atoms with Gasteiger partial charge >= 0.3 is 0 Å². The number of ether oxygens (including phenoxy) is 1. The number of halogens is 2. The van der Waals surface area contributed by atoms with Crippen LogP contribution in [-0.2, 0) is 4.79 Å². The molecule has 1 atom stereocenters. The first kappa shape index (κ1) is 13.6. The third-order valence-corrected chi connectivity index (χ3v) is 2.86. The first-order valence-electron chi connectivity index (χ1n) is 5.77. The Kier molecular flexibility index (Phi) is 4.20. The molecule has 1 N–H and O–H groups in total. The summed E-state index contributed by atoms with van der Waals surface area (Å²) in [6, 6.07) is 1.15. The SMILES string of the molecule is O=C(CO)N1CCC(Oc2nnccc2C(F)F)C1. The Balaban J connectivity index is 2.01. The Morgan fingerprint density at radius 3 is 3.11 bits per heavy atom. The molecule has 0 saturated carbocycles. The van der Waals surface area contributed by atoms with E-state index in [1.54, 1.807) is 0 Å². The molecule has 1 amide bonds. The van der Waals surface area contributed by atoms with Gasteiger partial charge in [-0.2, -0.15) is 5.10 Å². The average molecular weight is 273 g/mol. The number of aliphatic hydroxyl groups excluding tert-OH is 1. The molecule has 2 rings (SSSR count). The molecule has 1 fully saturated rings. The van der Waals surface area contributed by atoms with Crippen LogP contribution in [0.4, 0.5) is 8.78 Å². The summed E-state index contributed by atoms with van der Waals surface area (Å²) in [5.41, 5.74) is -0.318. The third kappa shape index (κ3) is 3.14. The van der Waals surface area contributed by atoms with Crippen molar-refractivity contribution in [1.29, 1.82) is 0 Å². The molecule has 1 saturated heterocycles. The van der Waals surface area contributed by atoms with Crippen molar-refractivity contribution in [2.24, 2.45) is 0 Å². The minimum atomic E-state index is -2.69. The van der Waals surface area contributed by atoms with E-state index >= 15 is 0 Å². The van der Waals surface area contributed by atoms with Crippen LogP contribution in [0.5, 0.6) is 5.88 Å². The Bertz CT molecular complexity index is 459. The van der Waals surface area contributed by atoms with Crippen LogP contribution in [-0.4, -0.2) is 51.9 Å². The van der Waals surface area contributed by atoms with Crippen molar-refractivity contribution >= 4 is 5.91 Å². The van der Waals surface area contributed by atoms with E-state index in [1.165, 1.54) is 11.1 Å². The number of aliphatic hydroxyl groups is 1. The Labute approximate surface area is 108 Å². The summed E-state index contributed by atoms with van der Waals surface area (Å²) in [6.07, 6.45) is -1.43.